The maximum absolute atomic E-state index is 12.2. The highest BCUT2D eigenvalue weighted by Crippen LogP contribution is 2.16. The summed E-state index contributed by atoms with van der Waals surface area (Å²) < 4.78 is 33.0. The van der Waals surface area contributed by atoms with E-state index in [1.54, 1.807) is 4.90 Å². The first-order valence-electron chi connectivity index (χ1n) is 8.82. The fraction of sp³-hybridized carbons (Fsp3) is 0.562. The number of nitrogens with one attached hydrogen (secondary N) is 2. The number of carbonyl (C=O) groups excluding carboxylic acids is 1. The summed E-state index contributed by atoms with van der Waals surface area (Å²) in [5.74, 6) is -1.92. The van der Waals surface area contributed by atoms with Crippen molar-refractivity contribution in [2.24, 2.45) is 18.7 Å². The lowest BCUT2D eigenvalue weighted by atomic mass is 10.1. The number of hydrogen-bond acceptors (Lipinski definition) is 6. The van der Waals surface area contributed by atoms with Gasteiger partial charge in [0.15, 0.2) is 5.65 Å². The minimum atomic E-state index is -5.08. The number of H-pyrrole nitrogens is 2. The van der Waals surface area contributed by atoms with Crippen LogP contribution >= 0.6 is 0 Å². The summed E-state index contributed by atoms with van der Waals surface area (Å²) >= 11 is 0. The molecule has 166 valence electrons. The van der Waals surface area contributed by atoms with E-state index in [1.165, 1.54) is 11.6 Å². The minimum absolute atomic E-state index is 0.0213. The van der Waals surface area contributed by atoms with E-state index in [0.717, 1.165) is 0 Å². The lowest BCUT2D eigenvalue weighted by Crippen LogP contribution is -2.32. The summed E-state index contributed by atoms with van der Waals surface area (Å²) in [4.78, 5) is 55.5. The van der Waals surface area contributed by atoms with Crippen LogP contribution in [-0.4, -0.2) is 66.7 Å². The highest BCUT2D eigenvalue weighted by molar-refractivity contribution is 5.77. The molecule has 0 saturated carbocycles. The molecular weight excluding hydrogens is 413 g/mol. The first-order valence-corrected chi connectivity index (χ1v) is 8.82. The number of nitrogens with zero attached hydrogens (tertiary/aromatic N) is 3. The predicted molar refractivity (Wildman–Crippen MR) is 97.7 cm³/mol. The summed E-state index contributed by atoms with van der Waals surface area (Å²) in [5.41, 5.74) is 5.44. The molecule has 0 aliphatic carbocycles. The van der Waals surface area contributed by atoms with Crippen molar-refractivity contribution in [3.05, 3.63) is 26.7 Å². The van der Waals surface area contributed by atoms with Gasteiger partial charge >= 0.3 is 17.8 Å². The zero-order chi connectivity index (χ0) is 22.8. The number of halogens is 3. The molecule has 0 aromatic carbocycles. The number of aryl methyl sites for hydroxylation is 2. The average molecular weight is 434 g/mol. The molecule has 3 rings (SSSR count). The highest BCUT2D eigenvalue weighted by atomic mass is 19.4. The molecular formula is C16H21F3N6O5. The molecule has 2 unspecified atom stereocenters. The third-order valence-electron chi connectivity index (χ3n) is 4.64. The van der Waals surface area contributed by atoms with Crippen LogP contribution in [0, 0.1) is 5.92 Å². The van der Waals surface area contributed by atoms with Crippen LogP contribution in [0.1, 0.15) is 19.2 Å². The fourth-order valence-corrected chi connectivity index (χ4v) is 2.85. The van der Waals surface area contributed by atoms with E-state index in [0.29, 0.717) is 31.3 Å². The van der Waals surface area contributed by atoms with Gasteiger partial charge in [0, 0.05) is 39.0 Å². The van der Waals surface area contributed by atoms with Crippen LogP contribution in [0.25, 0.3) is 11.2 Å². The molecule has 0 bridgehead atoms. The third kappa shape index (κ3) is 5.25. The normalized spacial score (nSPS) is 18.9. The van der Waals surface area contributed by atoms with Crippen molar-refractivity contribution in [2.75, 3.05) is 13.1 Å². The van der Waals surface area contributed by atoms with Gasteiger partial charge in [-0.1, -0.05) is 6.92 Å². The summed E-state index contributed by atoms with van der Waals surface area (Å²) in [7, 11) is 1.53. The Kier molecular flexibility index (Phi) is 6.70. The summed E-state index contributed by atoms with van der Waals surface area (Å²) in [5, 5.41) is 7.12. The molecule has 1 aliphatic heterocycles. The molecule has 1 aliphatic rings. The van der Waals surface area contributed by atoms with Crippen molar-refractivity contribution in [3.63, 3.8) is 0 Å². The van der Waals surface area contributed by atoms with Crippen molar-refractivity contribution in [3.8, 4) is 0 Å². The van der Waals surface area contributed by atoms with E-state index in [-0.39, 0.29) is 29.5 Å². The van der Waals surface area contributed by atoms with Crippen molar-refractivity contribution in [1.82, 2.24) is 24.4 Å². The van der Waals surface area contributed by atoms with Crippen LogP contribution in [0.5, 0.6) is 0 Å². The van der Waals surface area contributed by atoms with Gasteiger partial charge in [-0.05, 0) is 5.92 Å². The third-order valence-corrected chi connectivity index (χ3v) is 4.64. The van der Waals surface area contributed by atoms with Crippen molar-refractivity contribution >= 4 is 23.0 Å². The number of alkyl halides is 3. The van der Waals surface area contributed by atoms with Gasteiger partial charge in [0.05, 0.1) is 0 Å². The Bertz CT molecular complexity index is 1050. The molecule has 2 aromatic heterocycles. The zero-order valence-electron chi connectivity index (χ0n) is 16.1. The molecule has 0 spiro atoms. The monoisotopic (exact) mass is 434 g/mol. The van der Waals surface area contributed by atoms with Gasteiger partial charge in [-0.2, -0.15) is 13.2 Å². The van der Waals surface area contributed by atoms with Crippen LogP contribution in [-0.2, 0) is 23.1 Å². The number of hydrogen-bond donors (Lipinski definition) is 4. The smallest absolute Gasteiger partial charge is 0.475 e. The molecule has 0 radical (unpaired) electrons. The Morgan fingerprint density at radius 3 is 2.37 bits per heavy atom. The van der Waals surface area contributed by atoms with Crippen LogP contribution in [0.2, 0.25) is 0 Å². The molecule has 2 atom stereocenters. The molecule has 5 N–H and O–H groups in total. The van der Waals surface area contributed by atoms with Gasteiger partial charge in [0.25, 0.3) is 5.56 Å². The predicted octanol–water partition coefficient (Wildman–Crippen LogP) is -0.679. The van der Waals surface area contributed by atoms with E-state index < -0.39 is 23.4 Å². The van der Waals surface area contributed by atoms with E-state index in [2.05, 4.69) is 15.0 Å². The number of nitrogens with two attached hydrogens (primary N) is 1. The van der Waals surface area contributed by atoms with E-state index in [1.807, 2.05) is 6.92 Å². The number of amides is 1. The van der Waals surface area contributed by atoms with E-state index >= 15 is 0 Å². The Hall–Kier alpha value is -3.16. The van der Waals surface area contributed by atoms with Crippen LogP contribution in [0.4, 0.5) is 13.2 Å². The number of carbonyl (C=O) groups is 2. The first-order chi connectivity index (χ1) is 13.8. The standard InChI is InChI=1S/C14H20N6O3.C2HF3O2/c1-7-5-20(6-8(7)15)10(21)4-3-9-16-11-12(17-9)19(2)14(23)18-13(11)22;3-2(4,5)1(6)7/h7-8H,3-6,15H2,1-2H3,(H,16,17)(H,18,22,23);(H,6,7). The second kappa shape index (κ2) is 8.69. The highest BCUT2D eigenvalue weighted by Gasteiger charge is 2.38. The topological polar surface area (TPSA) is 167 Å². The molecule has 1 fully saturated rings. The molecule has 1 saturated heterocycles. The van der Waals surface area contributed by atoms with Crippen molar-refractivity contribution in [2.45, 2.75) is 32.0 Å². The van der Waals surface area contributed by atoms with Gasteiger partial charge in [-0.15, -0.1) is 0 Å². The number of likely N-dealkylation sites (tertiary alicyclic amines) is 1. The van der Waals surface area contributed by atoms with Gasteiger partial charge in [-0.25, -0.2) is 14.6 Å². The summed E-state index contributed by atoms with van der Waals surface area (Å²) in [6, 6.07) is 0.0261. The second-order valence-corrected chi connectivity index (χ2v) is 6.94. The maximum atomic E-state index is 12.2. The Labute approximate surface area is 166 Å². The second-order valence-electron chi connectivity index (χ2n) is 6.94. The van der Waals surface area contributed by atoms with E-state index in [4.69, 9.17) is 15.6 Å². The average Bonchev–Trinajstić information content (AvgIpc) is 3.22. The lowest BCUT2D eigenvalue weighted by Gasteiger charge is -2.15. The van der Waals surface area contributed by atoms with Crippen LogP contribution in [0.3, 0.4) is 0 Å². The largest absolute Gasteiger partial charge is 0.490 e. The number of imidazole rings is 1. The molecule has 3 heterocycles. The number of aromatic amines is 2. The molecule has 11 nitrogen and oxygen atoms in total. The summed E-state index contributed by atoms with van der Waals surface area (Å²) in [6.45, 7) is 3.28. The number of rotatable bonds is 3. The number of carboxylic acids is 1. The maximum Gasteiger partial charge on any atom is 0.490 e. The Balaban J connectivity index is 0.000000396. The fourth-order valence-electron chi connectivity index (χ4n) is 2.85. The van der Waals surface area contributed by atoms with Crippen LogP contribution in [0.15, 0.2) is 9.59 Å². The Morgan fingerprint density at radius 2 is 1.87 bits per heavy atom. The van der Waals surface area contributed by atoms with Gasteiger partial charge in [0.2, 0.25) is 5.91 Å². The molecule has 1 amide bonds. The number of carboxylic acid groups (broad SMARTS) is 1. The number of aliphatic carboxylic acids is 1. The quantitative estimate of drug-likeness (QED) is 0.496. The van der Waals surface area contributed by atoms with E-state index in [9.17, 15) is 27.6 Å². The summed E-state index contributed by atoms with van der Waals surface area (Å²) in [6.07, 6.45) is -4.42. The minimum Gasteiger partial charge on any atom is -0.475 e. The molecule has 2 aromatic rings. The van der Waals surface area contributed by atoms with Crippen molar-refractivity contribution in [1.29, 1.82) is 0 Å². The molecule has 14 heteroatoms. The van der Waals surface area contributed by atoms with Gasteiger partial charge < -0.3 is 20.7 Å². The number of aromatic nitrogens is 4. The zero-order valence-corrected chi connectivity index (χ0v) is 16.1. The molecule has 30 heavy (non-hydrogen) atoms. The SMILES string of the molecule is CC1CN(C(=O)CCc2nc3c([nH]2)c(=O)[nH]c(=O)n3C)CC1N.O=C(O)C(F)(F)F. The van der Waals surface area contributed by atoms with Gasteiger partial charge in [-0.3, -0.25) is 19.1 Å². The van der Waals surface area contributed by atoms with Gasteiger partial charge in [0.1, 0.15) is 11.3 Å². The first kappa shape index (κ1) is 23.1. The van der Waals surface area contributed by atoms with Crippen molar-refractivity contribution < 1.29 is 27.9 Å². The number of fused-ring (bicyclic) bond motifs is 1. The van der Waals surface area contributed by atoms with Crippen LogP contribution < -0.4 is 17.0 Å². The lowest BCUT2D eigenvalue weighted by molar-refractivity contribution is -0.192. The Morgan fingerprint density at radius 1 is 1.27 bits per heavy atom.